The van der Waals surface area contributed by atoms with Crippen molar-refractivity contribution < 1.29 is 28.6 Å². The van der Waals surface area contributed by atoms with Crippen LogP contribution in [-0.2, 0) is 28.6 Å². The van der Waals surface area contributed by atoms with E-state index >= 15 is 0 Å². The van der Waals surface area contributed by atoms with Crippen LogP contribution in [0.1, 0.15) is 233 Å². The van der Waals surface area contributed by atoms with E-state index in [1.54, 1.807) is 0 Å². The molecule has 62 heavy (non-hydrogen) atoms. The molecule has 0 bridgehead atoms. The number of carbonyl (C=O) groups is 3. The van der Waals surface area contributed by atoms with Gasteiger partial charge in [0.25, 0.3) is 0 Å². The Bertz CT molecular complexity index is 1220. The maximum Gasteiger partial charge on any atom is 0.306 e. The minimum Gasteiger partial charge on any atom is -0.462 e. The van der Waals surface area contributed by atoms with Gasteiger partial charge in [0.1, 0.15) is 13.2 Å². The molecule has 354 valence electrons. The SMILES string of the molecule is CCCC/C=C\C/C=C\CCCCCCCC(=O)OC[C@H](COC(=O)CCCC/C=C\C/C=C\C/C=C\CCCCC)OC(=O)CCCCCCC/C=C\C/C=C\CCCCC. The van der Waals surface area contributed by atoms with Crippen molar-refractivity contribution in [2.45, 2.75) is 239 Å². The third-order valence-electron chi connectivity index (χ3n) is 10.6. The first-order valence-electron chi connectivity index (χ1n) is 25.6. The van der Waals surface area contributed by atoms with Crippen molar-refractivity contribution in [2.24, 2.45) is 0 Å². The van der Waals surface area contributed by atoms with Crippen molar-refractivity contribution in [1.29, 1.82) is 0 Å². The van der Waals surface area contributed by atoms with Gasteiger partial charge in [0.15, 0.2) is 6.10 Å². The summed E-state index contributed by atoms with van der Waals surface area (Å²) in [6.07, 6.45) is 64.1. The van der Waals surface area contributed by atoms with Crippen molar-refractivity contribution in [3.8, 4) is 0 Å². The van der Waals surface area contributed by atoms with E-state index in [0.29, 0.717) is 19.3 Å². The molecule has 0 N–H and O–H groups in total. The number of allylic oxidation sites excluding steroid dienone is 14. The summed E-state index contributed by atoms with van der Waals surface area (Å²) >= 11 is 0. The van der Waals surface area contributed by atoms with Crippen LogP contribution in [0, 0.1) is 0 Å². The molecule has 0 heterocycles. The third-order valence-corrected chi connectivity index (χ3v) is 10.6. The van der Waals surface area contributed by atoms with Gasteiger partial charge in [-0.15, -0.1) is 0 Å². The lowest BCUT2D eigenvalue weighted by molar-refractivity contribution is -0.167. The van der Waals surface area contributed by atoms with Crippen LogP contribution < -0.4 is 0 Å². The lowest BCUT2D eigenvalue weighted by Gasteiger charge is -2.18. The number of esters is 3. The van der Waals surface area contributed by atoms with Crippen LogP contribution >= 0.6 is 0 Å². The Kier molecular flexibility index (Phi) is 47.5. The Morgan fingerprint density at radius 3 is 0.984 bits per heavy atom. The molecule has 0 aromatic carbocycles. The molecular formula is C56H94O6. The van der Waals surface area contributed by atoms with E-state index in [4.69, 9.17) is 14.2 Å². The zero-order chi connectivity index (χ0) is 45.1. The topological polar surface area (TPSA) is 78.9 Å². The minimum atomic E-state index is -0.805. The van der Waals surface area contributed by atoms with Gasteiger partial charge >= 0.3 is 17.9 Å². The van der Waals surface area contributed by atoms with Gasteiger partial charge in [-0.2, -0.15) is 0 Å². The molecule has 0 rings (SSSR count). The second-order valence-electron chi connectivity index (χ2n) is 16.7. The van der Waals surface area contributed by atoms with Gasteiger partial charge in [-0.3, -0.25) is 14.4 Å². The quantitative estimate of drug-likeness (QED) is 0.0263. The Morgan fingerprint density at radius 2 is 0.597 bits per heavy atom. The Morgan fingerprint density at radius 1 is 0.323 bits per heavy atom. The van der Waals surface area contributed by atoms with Crippen LogP contribution in [0.3, 0.4) is 0 Å². The fraction of sp³-hybridized carbons (Fsp3) is 0.696. The second-order valence-corrected chi connectivity index (χ2v) is 16.7. The molecule has 0 unspecified atom stereocenters. The summed E-state index contributed by atoms with van der Waals surface area (Å²) in [7, 11) is 0. The number of carbonyl (C=O) groups excluding carboxylic acids is 3. The largest absolute Gasteiger partial charge is 0.462 e. The van der Waals surface area contributed by atoms with Crippen molar-refractivity contribution >= 4 is 17.9 Å². The van der Waals surface area contributed by atoms with Gasteiger partial charge in [0.05, 0.1) is 0 Å². The zero-order valence-electron chi connectivity index (χ0n) is 40.4. The number of unbranched alkanes of at least 4 members (excludes halogenated alkanes) is 20. The summed E-state index contributed by atoms with van der Waals surface area (Å²) in [5.41, 5.74) is 0. The summed E-state index contributed by atoms with van der Waals surface area (Å²) in [5, 5.41) is 0. The van der Waals surface area contributed by atoms with Crippen molar-refractivity contribution in [1.82, 2.24) is 0 Å². The average Bonchev–Trinajstić information content (AvgIpc) is 3.27. The van der Waals surface area contributed by atoms with Crippen LogP contribution in [0.5, 0.6) is 0 Å². The fourth-order valence-corrected chi connectivity index (χ4v) is 6.67. The molecule has 0 aliphatic rings. The molecule has 0 fully saturated rings. The van der Waals surface area contributed by atoms with Crippen molar-refractivity contribution in [2.75, 3.05) is 13.2 Å². The highest BCUT2D eigenvalue weighted by atomic mass is 16.6. The van der Waals surface area contributed by atoms with Gasteiger partial charge in [-0.25, -0.2) is 0 Å². The molecule has 0 amide bonds. The summed E-state index contributed by atoms with van der Waals surface area (Å²) < 4.78 is 16.7. The first kappa shape index (κ1) is 58.6. The molecule has 1 atom stereocenters. The van der Waals surface area contributed by atoms with E-state index < -0.39 is 6.10 Å². The normalized spacial score (nSPS) is 12.8. The minimum absolute atomic E-state index is 0.103. The average molecular weight is 863 g/mol. The lowest BCUT2D eigenvalue weighted by Crippen LogP contribution is -2.30. The number of rotatable bonds is 45. The first-order valence-corrected chi connectivity index (χ1v) is 25.6. The number of hydrogen-bond donors (Lipinski definition) is 0. The monoisotopic (exact) mass is 863 g/mol. The molecule has 0 aromatic heterocycles. The Hall–Kier alpha value is -3.41. The maximum atomic E-state index is 12.8. The maximum absolute atomic E-state index is 12.8. The highest BCUT2D eigenvalue weighted by molar-refractivity contribution is 5.71. The Balaban J connectivity index is 4.51. The molecule has 0 radical (unpaired) electrons. The molecule has 0 aliphatic carbocycles. The highest BCUT2D eigenvalue weighted by Gasteiger charge is 2.19. The van der Waals surface area contributed by atoms with E-state index in [0.717, 1.165) is 122 Å². The predicted octanol–water partition coefficient (Wildman–Crippen LogP) is 16.8. The van der Waals surface area contributed by atoms with E-state index in [2.05, 4.69) is 106 Å². The summed E-state index contributed by atoms with van der Waals surface area (Å²) in [4.78, 5) is 37.9. The Labute approximate surface area is 382 Å². The van der Waals surface area contributed by atoms with Gasteiger partial charge in [0.2, 0.25) is 0 Å². The van der Waals surface area contributed by atoms with Crippen molar-refractivity contribution in [3.63, 3.8) is 0 Å². The van der Waals surface area contributed by atoms with Gasteiger partial charge in [-0.1, -0.05) is 183 Å². The second kappa shape index (κ2) is 50.2. The zero-order valence-corrected chi connectivity index (χ0v) is 40.4. The van der Waals surface area contributed by atoms with Gasteiger partial charge in [-0.05, 0) is 116 Å². The molecule has 0 aliphatic heterocycles. The van der Waals surface area contributed by atoms with E-state index in [9.17, 15) is 14.4 Å². The fourth-order valence-electron chi connectivity index (χ4n) is 6.67. The van der Waals surface area contributed by atoms with Crippen molar-refractivity contribution in [3.05, 3.63) is 85.1 Å². The predicted molar refractivity (Wildman–Crippen MR) is 265 cm³/mol. The summed E-state index contributed by atoms with van der Waals surface area (Å²) in [6, 6.07) is 0. The summed E-state index contributed by atoms with van der Waals surface area (Å²) in [5.74, 6) is -0.971. The third kappa shape index (κ3) is 47.6. The number of ether oxygens (including phenoxy) is 3. The molecule has 6 nitrogen and oxygen atoms in total. The first-order chi connectivity index (χ1) is 30.5. The molecule has 0 saturated heterocycles. The molecule has 0 saturated carbocycles. The lowest BCUT2D eigenvalue weighted by atomic mass is 10.1. The summed E-state index contributed by atoms with van der Waals surface area (Å²) in [6.45, 7) is 6.47. The molecule has 6 heteroatoms. The highest BCUT2D eigenvalue weighted by Crippen LogP contribution is 2.13. The van der Waals surface area contributed by atoms with E-state index in [1.165, 1.54) is 70.6 Å². The van der Waals surface area contributed by atoms with Crippen LogP contribution in [0.25, 0.3) is 0 Å². The standard InChI is InChI=1S/C56H94O6/c1-4-7-10-13-16-19-22-25-28-31-34-37-40-43-46-49-55(58)61-52-53(51-60-54(57)48-45-42-39-36-33-30-27-24-21-18-15-12-9-6-3)62-56(59)50-47-44-41-38-35-32-29-26-23-20-17-14-11-8-5-2/h15-20,24-29,34,37,53H,4-14,21-23,30-33,35-36,38-52H2,1-3H3/b18-15-,19-16-,20-17-,27-24-,28-25-,29-26-,37-34-/t53-/m1/s1. The van der Waals surface area contributed by atoms with E-state index in [-0.39, 0.29) is 31.1 Å². The van der Waals surface area contributed by atoms with E-state index in [1.807, 2.05) is 0 Å². The van der Waals surface area contributed by atoms with Crippen LogP contribution in [-0.4, -0.2) is 37.2 Å². The van der Waals surface area contributed by atoms with Crippen LogP contribution in [0.15, 0.2) is 85.1 Å². The molecule has 0 spiro atoms. The van der Waals surface area contributed by atoms with Gasteiger partial charge < -0.3 is 14.2 Å². The van der Waals surface area contributed by atoms with Crippen LogP contribution in [0.2, 0.25) is 0 Å². The number of hydrogen-bond acceptors (Lipinski definition) is 6. The smallest absolute Gasteiger partial charge is 0.306 e. The molecule has 0 aromatic rings. The van der Waals surface area contributed by atoms with Crippen LogP contribution in [0.4, 0.5) is 0 Å². The molecular weight excluding hydrogens is 769 g/mol. The van der Waals surface area contributed by atoms with Gasteiger partial charge in [0, 0.05) is 19.3 Å².